The van der Waals surface area contributed by atoms with Crippen LogP contribution in [-0.4, -0.2) is 12.0 Å². The third-order valence-corrected chi connectivity index (χ3v) is 7.36. The third-order valence-electron chi connectivity index (χ3n) is 5.18. The fraction of sp³-hybridized carbons (Fsp3) is 0.111. The second-order valence-corrected chi connectivity index (χ2v) is 10.3. The topological polar surface area (TPSA) is 78.2 Å². The number of nitrogens with zero attached hydrogens (tertiary/aromatic N) is 1. The predicted octanol–water partition coefficient (Wildman–Crippen LogP) is 7.44. The van der Waals surface area contributed by atoms with E-state index in [4.69, 9.17) is 20.4 Å². The van der Waals surface area contributed by atoms with Gasteiger partial charge in [-0.2, -0.15) is 5.09 Å². The Labute approximate surface area is 217 Å². The van der Waals surface area contributed by atoms with Crippen LogP contribution in [0.4, 0.5) is 5.69 Å². The number of carbonyl (C=O) groups is 1. The van der Waals surface area contributed by atoms with Crippen LogP contribution in [-0.2, 0) is 20.7 Å². The largest absolute Gasteiger partial charge is 0.512 e. The lowest BCUT2D eigenvalue weighted by Gasteiger charge is -2.24. The first-order chi connectivity index (χ1) is 17.4. The highest BCUT2D eigenvalue weighted by Crippen LogP contribution is 2.51. The zero-order chi connectivity index (χ0) is 25.5. The van der Waals surface area contributed by atoms with Gasteiger partial charge in [-0.15, -0.1) is 0 Å². The number of fused-ring (bicyclic) bond motifs is 1. The summed E-state index contributed by atoms with van der Waals surface area (Å²) in [5, 5.41) is 4.27. The zero-order valence-electron chi connectivity index (χ0n) is 19.3. The average molecular weight is 565 g/mol. The Bertz CT molecular complexity index is 1470. The van der Waals surface area contributed by atoms with Gasteiger partial charge in [-0.25, -0.2) is 9.41 Å². The molecule has 0 aromatic heterocycles. The number of hydrogen-bond acceptors (Lipinski definition) is 5. The highest BCUT2D eigenvalue weighted by Gasteiger charge is 2.35. The van der Waals surface area contributed by atoms with Gasteiger partial charge in [-0.05, 0) is 45.9 Å². The molecule has 0 aliphatic heterocycles. The predicted molar refractivity (Wildman–Crippen MR) is 142 cm³/mol. The molecule has 0 aliphatic carbocycles. The molecule has 4 aromatic carbocycles. The molecule has 0 radical (unpaired) electrons. The summed E-state index contributed by atoms with van der Waals surface area (Å²) in [5.41, 5.74) is 0.951. The van der Waals surface area contributed by atoms with Crippen LogP contribution >= 0.6 is 23.7 Å². The molecule has 7 nitrogen and oxygen atoms in total. The van der Waals surface area contributed by atoms with Crippen molar-refractivity contribution in [3.05, 3.63) is 112 Å². The summed E-state index contributed by atoms with van der Waals surface area (Å²) >= 11 is 3.35. The summed E-state index contributed by atoms with van der Waals surface area (Å²) in [4.78, 5) is 16.2. The number of halogens is 1. The minimum absolute atomic E-state index is 0.0356. The molecule has 4 rings (SSSR count). The molecule has 4 aromatic rings. The van der Waals surface area contributed by atoms with E-state index in [0.29, 0.717) is 15.6 Å². The van der Waals surface area contributed by atoms with Crippen molar-refractivity contribution in [3.8, 4) is 11.5 Å². The van der Waals surface area contributed by atoms with Gasteiger partial charge in [0.25, 0.3) is 0 Å². The van der Waals surface area contributed by atoms with Crippen molar-refractivity contribution >= 4 is 46.1 Å². The fourth-order valence-corrected chi connectivity index (χ4v) is 5.55. The van der Waals surface area contributed by atoms with E-state index < -0.39 is 19.8 Å². The van der Waals surface area contributed by atoms with Gasteiger partial charge in [-0.3, -0.25) is 4.79 Å². The van der Waals surface area contributed by atoms with E-state index in [1.807, 2.05) is 60.7 Å². The van der Waals surface area contributed by atoms with E-state index in [1.54, 1.807) is 24.3 Å². The Morgan fingerprint density at radius 1 is 0.972 bits per heavy atom. The molecule has 0 saturated heterocycles. The molecule has 0 bridgehead atoms. The van der Waals surface area contributed by atoms with Crippen molar-refractivity contribution in [2.45, 2.75) is 19.6 Å². The van der Waals surface area contributed by atoms with E-state index >= 15 is 0 Å². The van der Waals surface area contributed by atoms with E-state index in [9.17, 15) is 9.36 Å². The van der Waals surface area contributed by atoms with Gasteiger partial charge in [-0.1, -0.05) is 78.9 Å². The lowest BCUT2D eigenvalue weighted by Crippen LogP contribution is -2.35. The summed E-state index contributed by atoms with van der Waals surface area (Å²) in [6.07, 6.45) is 0. The Hall–Kier alpha value is -3.63. The minimum atomic E-state index is -4.26. The zero-order valence-corrected chi connectivity index (χ0v) is 21.7. The molecule has 0 amide bonds. The van der Waals surface area contributed by atoms with E-state index in [0.717, 1.165) is 10.9 Å². The van der Waals surface area contributed by atoms with E-state index in [-0.39, 0.29) is 18.0 Å². The number of rotatable bonds is 9. The molecular formula is C27H22BrN2O5P. The van der Waals surface area contributed by atoms with Gasteiger partial charge >= 0.3 is 13.7 Å². The summed E-state index contributed by atoms with van der Waals surface area (Å²) in [7, 11) is -4.26. The maximum absolute atomic E-state index is 14.1. The number of nitrogens with one attached hydrogen (secondary N) is 1. The first-order valence-corrected chi connectivity index (χ1v) is 13.3. The smallest absolute Gasteiger partial charge is 0.460 e. The van der Waals surface area contributed by atoms with Gasteiger partial charge in [0.05, 0.1) is 6.57 Å². The van der Waals surface area contributed by atoms with Gasteiger partial charge in [0.15, 0.2) is 5.75 Å². The SMILES string of the molecule is [C-]#[N+]c1cccc(Br)c1OP(=O)(N[C@@H](C)C(=O)OCc1ccccc1)Oc1cccc2ccccc12. The molecule has 0 spiro atoms. The van der Waals surface area contributed by atoms with Gasteiger partial charge in [0.2, 0.25) is 5.69 Å². The number of ether oxygens (including phenoxy) is 1. The van der Waals surface area contributed by atoms with Gasteiger partial charge < -0.3 is 13.8 Å². The van der Waals surface area contributed by atoms with Crippen molar-refractivity contribution < 1.29 is 23.1 Å². The monoisotopic (exact) mass is 564 g/mol. The van der Waals surface area contributed by atoms with Crippen LogP contribution in [0, 0.1) is 6.57 Å². The van der Waals surface area contributed by atoms with Crippen molar-refractivity contribution in [2.75, 3.05) is 0 Å². The van der Waals surface area contributed by atoms with E-state index in [2.05, 4.69) is 25.9 Å². The fourth-order valence-electron chi connectivity index (χ4n) is 3.42. The molecule has 0 saturated carbocycles. The molecule has 36 heavy (non-hydrogen) atoms. The van der Waals surface area contributed by atoms with Crippen LogP contribution in [0.1, 0.15) is 12.5 Å². The number of benzene rings is 4. The Morgan fingerprint density at radius 2 is 1.67 bits per heavy atom. The molecule has 1 unspecified atom stereocenters. The second kappa shape index (κ2) is 11.4. The Kier molecular flexibility index (Phi) is 8.07. The molecule has 182 valence electrons. The highest BCUT2D eigenvalue weighted by molar-refractivity contribution is 9.10. The summed E-state index contributed by atoms with van der Waals surface area (Å²) < 4.78 is 31.7. The maximum atomic E-state index is 14.1. The third kappa shape index (κ3) is 6.13. The summed E-state index contributed by atoms with van der Waals surface area (Å²) in [5.74, 6) is -0.305. The molecule has 1 N–H and O–H groups in total. The number of hydrogen-bond donors (Lipinski definition) is 1. The quantitative estimate of drug-likeness (QED) is 0.129. The van der Waals surface area contributed by atoms with Gasteiger partial charge in [0, 0.05) is 9.86 Å². The van der Waals surface area contributed by atoms with Crippen LogP contribution < -0.4 is 14.1 Å². The molecule has 0 aliphatic rings. The number of carbonyl (C=O) groups excluding carboxylic acids is 1. The molecule has 9 heteroatoms. The van der Waals surface area contributed by atoms with Crippen molar-refractivity contribution in [3.63, 3.8) is 0 Å². The molecule has 0 fully saturated rings. The number of para-hydroxylation sites is 1. The average Bonchev–Trinajstić information content (AvgIpc) is 2.89. The minimum Gasteiger partial charge on any atom is -0.460 e. The van der Waals surface area contributed by atoms with Crippen molar-refractivity contribution in [1.82, 2.24) is 5.09 Å². The van der Waals surface area contributed by atoms with Crippen LogP contribution in [0.5, 0.6) is 11.5 Å². The molecule has 2 atom stereocenters. The lowest BCUT2D eigenvalue weighted by molar-refractivity contribution is -0.146. The Morgan fingerprint density at radius 3 is 2.44 bits per heavy atom. The number of esters is 1. The first-order valence-electron chi connectivity index (χ1n) is 11.0. The summed E-state index contributed by atoms with van der Waals surface area (Å²) in [6.45, 7) is 9.03. The first kappa shape index (κ1) is 25.5. The maximum Gasteiger partial charge on any atom is 0.512 e. The highest BCUT2D eigenvalue weighted by atomic mass is 79.9. The lowest BCUT2D eigenvalue weighted by atomic mass is 10.1. The van der Waals surface area contributed by atoms with Gasteiger partial charge in [0.1, 0.15) is 18.4 Å². The van der Waals surface area contributed by atoms with E-state index in [1.165, 1.54) is 13.0 Å². The standard InChI is InChI=1S/C27H22BrN2O5P/c1-19(27(31)33-18-20-10-4-3-5-11-20)30-36(32,35-26-23(28)15-9-16-24(26)29-2)34-25-17-8-13-21-12-6-7-14-22(21)25/h3-17,19H,18H2,1H3,(H,30,32)/t19-,36?/m0/s1. The second-order valence-electron chi connectivity index (χ2n) is 7.80. The normalized spacial score (nSPS) is 13.2. The van der Waals surface area contributed by atoms with Crippen molar-refractivity contribution in [2.24, 2.45) is 0 Å². The molecular weight excluding hydrogens is 543 g/mol. The van der Waals surface area contributed by atoms with Crippen LogP contribution in [0.15, 0.2) is 95.5 Å². The van der Waals surface area contributed by atoms with Crippen LogP contribution in [0.3, 0.4) is 0 Å². The van der Waals surface area contributed by atoms with Crippen molar-refractivity contribution in [1.29, 1.82) is 0 Å². The van der Waals surface area contributed by atoms with Crippen LogP contribution in [0.25, 0.3) is 15.6 Å². The van der Waals surface area contributed by atoms with Crippen LogP contribution in [0.2, 0.25) is 0 Å². The molecule has 0 heterocycles. The Balaban J connectivity index is 1.63. The summed E-state index contributed by atoms with van der Waals surface area (Å²) in [6, 6.07) is 25.8.